The van der Waals surface area contributed by atoms with Gasteiger partial charge in [-0.1, -0.05) is 18.2 Å². The van der Waals surface area contributed by atoms with E-state index in [1.807, 2.05) is 25.1 Å². The number of benzene rings is 1. The van der Waals surface area contributed by atoms with E-state index in [0.717, 1.165) is 31.6 Å². The summed E-state index contributed by atoms with van der Waals surface area (Å²) in [6.07, 6.45) is 1.82. The van der Waals surface area contributed by atoms with Crippen LogP contribution in [0.1, 0.15) is 35.7 Å². The van der Waals surface area contributed by atoms with Crippen LogP contribution >= 0.6 is 0 Å². The van der Waals surface area contributed by atoms with Crippen molar-refractivity contribution in [3.8, 4) is 0 Å². The van der Waals surface area contributed by atoms with Crippen LogP contribution in [-0.4, -0.2) is 32.4 Å². The molecule has 1 atom stereocenters. The molecule has 1 aliphatic heterocycles. The van der Waals surface area contributed by atoms with E-state index in [-0.39, 0.29) is 12.1 Å². The molecule has 0 spiro atoms. The molecular weight excluding hydrogens is 256 g/mol. The van der Waals surface area contributed by atoms with Crippen molar-refractivity contribution in [1.29, 1.82) is 0 Å². The van der Waals surface area contributed by atoms with Crippen molar-refractivity contribution in [2.45, 2.75) is 32.5 Å². The molecule has 1 aliphatic rings. The van der Waals surface area contributed by atoms with Gasteiger partial charge >= 0.3 is 5.97 Å². The Morgan fingerprint density at radius 1 is 1.35 bits per heavy atom. The molecule has 0 aromatic heterocycles. The van der Waals surface area contributed by atoms with Crippen LogP contribution in [0.4, 0.5) is 0 Å². The van der Waals surface area contributed by atoms with E-state index < -0.39 is 0 Å². The summed E-state index contributed by atoms with van der Waals surface area (Å²) in [7, 11) is 1.62. The van der Waals surface area contributed by atoms with Gasteiger partial charge in [0, 0.05) is 26.2 Å². The van der Waals surface area contributed by atoms with Crippen LogP contribution in [-0.2, 0) is 20.8 Å². The number of carbonyl (C=O) groups excluding carboxylic acids is 1. The highest BCUT2D eigenvalue weighted by atomic mass is 16.5. The number of hydrogen-bond donors (Lipinski definition) is 0. The van der Waals surface area contributed by atoms with Crippen LogP contribution < -0.4 is 0 Å². The van der Waals surface area contributed by atoms with Gasteiger partial charge in [-0.15, -0.1) is 0 Å². The summed E-state index contributed by atoms with van der Waals surface area (Å²) in [5.74, 6) is 0.124. The molecule has 2 rings (SSSR count). The third-order valence-electron chi connectivity index (χ3n) is 3.76. The topological polar surface area (TPSA) is 44.8 Å². The second-order valence-electron chi connectivity index (χ2n) is 5.15. The number of hydrogen-bond acceptors (Lipinski definition) is 4. The predicted octanol–water partition coefficient (Wildman–Crippen LogP) is 2.80. The summed E-state index contributed by atoms with van der Waals surface area (Å²) in [6, 6.07) is 7.41. The lowest BCUT2D eigenvalue weighted by atomic mass is 9.95. The zero-order valence-electron chi connectivity index (χ0n) is 12.1. The predicted molar refractivity (Wildman–Crippen MR) is 75.6 cm³/mol. The van der Waals surface area contributed by atoms with Crippen LogP contribution in [0, 0.1) is 5.92 Å². The Labute approximate surface area is 120 Å². The Hall–Kier alpha value is -1.39. The molecule has 0 bridgehead atoms. The fourth-order valence-corrected chi connectivity index (χ4v) is 2.51. The Morgan fingerprint density at radius 3 is 2.75 bits per heavy atom. The SMILES string of the molecule is COCc1ccccc1C(=O)O[C@H](C)C1CCOCC1. The maximum absolute atomic E-state index is 12.3. The Morgan fingerprint density at radius 2 is 2.05 bits per heavy atom. The summed E-state index contributed by atoms with van der Waals surface area (Å²) in [5, 5.41) is 0. The van der Waals surface area contributed by atoms with Crippen molar-refractivity contribution in [3.05, 3.63) is 35.4 Å². The highest BCUT2D eigenvalue weighted by Crippen LogP contribution is 2.22. The van der Waals surface area contributed by atoms with Crippen LogP contribution in [0.2, 0.25) is 0 Å². The van der Waals surface area contributed by atoms with E-state index in [1.54, 1.807) is 13.2 Å². The van der Waals surface area contributed by atoms with Gasteiger partial charge in [0.05, 0.1) is 12.2 Å². The molecule has 20 heavy (non-hydrogen) atoms. The van der Waals surface area contributed by atoms with Gasteiger partial charge in [0.25, 0.3) is 0 Å². The van der Waals surface area contributed by atoms with Gasteiger partial charge in [0.15, 0.2) is 0 Å². The second-order valence-corrected chi connectivity index (χ2v) is 5.15. The van der Waals surface area contributed by atoms with Crippen molar-refractivity contribution >= 4 is 5.97 Å². The summed E-state index contributed by atoms with van der Waals surface area (Å²) >= 11 is 0. The minimum Gasteiger partial charge on any atom is -0.459 e. The number of esters is 1. The normalized spacial score (nSPS) is 17.7. The van der Waals surface area contributed by atoms with E-state index >= 15 is 0 Å². The molecular formula is C16H22O4. The highest BCUT2D eigenvalue weighted by Gasteiger charge is 2.24. The van der Waals surface area contributed by atoms with Crippen molar-refractivity contribution in [2.75, 3.05) is 20.3 Å². The third kappa shape index (κ3) is 3.81. The van der Waals surface area contributed by atoms with E-state index in [0.29, 0.717) is 18.1 Å². The lowest BCUT2D eigenvalue weighted by molar-refractivity contribution is -0.0120. The van der Waals surface area contributed by atoms with Crippen LogP contribution in [0.25, 0.3) is 0 Å². The Kier molecular flexibility index (Phi) is 5.56. The first-order chi connectivity index (χ1) is 9.72. The van der Waals surface area contributed by atoms with Crippen molar-refractivity contribution < 1.29 is 19.0 Å². The zero-order chi connectivity index (χ0) is 14.4. The zero-order valence-corrected chi connectivity index (χ0v) is 12.1. The number of ether oxygens (including phenoxy) is 3. The molecule has 1 aromatic carbocycles. The monoisotopic (exact) mass is 278 g/mol. The van der Waals surface area contributed by atoms with Crippen LogP contribution in [0.5, 0.6) is 0 Å². The van der Waals surface area contributed by atoms with E-state index in [4.69, 9.17) is 14.2 Å². The standard InChI is InChI=1S/C16H22O4/c1-12(13-7-9-19-10-8-13)20-16(17)15-6-4-3-5-14(15)11-18-2/h3-6,12-13H,7-11H2,1-2H3/t12-/m1/s1. The van der Waals surface area contributed by atoms with E-state index in [1.165, 1.54) is 0 Å². The van der Waals surface area contributed by atoms with Gasteiger partial charge in [-0.3, -0.25) is 0 Å². The van der Waals surface area contributed by atoms with E-state index in [2.05, 4.69) is 0 Å². The maximum Gasteiger partial charge on any atom is 0.338 e. The molecule has 4 heteroatoms. The molecule has 1 aromatic rings. The number of carbonyl (C=O) groups is 1. The van der Waals surface area contributed by atoms with Gasteiger partial charge in [-0.25, -0.2) is 4.79 Å². The molecule has 0 radical (unpaired) electrons. The van der Waals surface area contributed by atoms with Crippen LogP contribution in [0.15, 0.2) is 24.3 Å². The average Bonchev–Trinajstić information content (AvgIpc) is 2.49. The first-order valence-electron chi connectivity index (χ1n) is 7.08. The van der Waals surface area contributed by atoms with E-state index in [9.17, 15) is 4.79 Å². The molecule has 0 N–H and O–H groups in total. The van der Waals surface area contributed by atoms with Crippen molar-refractivity contribution in [3.63, 3.8) is 0 Å². The van der Waals surface area contributed by atoms with Crippen molar-refractivity contribution in [1.82, 2.24) is 0 Å². The smallest absolute Gasteiger partial charge is 0.338 e. The number of rotatable bonds is 5. The summed E-state index contributed by atoms with van der Waals surface area (Å²) in [5.41, 5.74) is 1.45. The highest BCUT2D eigenvalue weighted by molar-refractivity contribution is 5.91. The molecule has 0 unspecified atom stereocenters. The fourth-order valence-electron chi connectivity index (χ4n) is 2.51. The lowest BCUT2D eigenvalue weighted by Gasteiger charge is -2.27. The lowest BCUT2D eigenvalue weighted by Crippen LogP contribution is -2.29. The number of methoxy groups -OCH3 is 1. The van der Waals surface area contributed by atoms with Gasteiger partial charge in [0.2, 0.25) is 0 Å². The van der Waals surface area contributed by atoms with Gasteiger partial charge in [-0.2, -0.15) is 0 Å². The van der Waals surface area contributed by atoms with Gasteiger partial charge in [-0.05, 0) is 31.4 Å². The van der Waals surface area contributed by atoms with Gasteiger partial charge < -0.3 is 14.2 Å². The fraction of sp³-hybridized carbons (Fsp3) is 0.562. The molecule has 0 saturated carbocycles. The molecule has 0 amide bonds. The largest absolute Gasteiger partial charge is 0.459 e. The average molecular weight is 278 g/mol. The summed E-state index contributed by atoms with van der Waals surface area (Å²) in [6.45, 7) is 3.89. The summed E-state index contributed by atoms with van der Waals surface area (Å²) in [4.78, 5) is 12.3. The molecule has 110 valence electrons. The molecule has 4 nitrogen and oxygen atoms in total. The van der Waals surface area contributed by atoms with Gasteiger partial charge in [0.1, 0.15) is 6.10 Å². The van der Waals surface area contributed by atoms with Crippen LogP contribution in [0.3, 0.4) is 0 Å². The van der Waals surface area contributed by atoms with Crippen molar-refractivity contribution in [2.24, 2.45) is 5.92 Å². The maximum atomic E-state index is 12.3. The molecule has 1 saturated heterocycles. The Bertz CT molecular complexity index is 438. The second kappa shape index (κ2) is 7.41. The minimum absolute atomic E-state index is 0.0815. The molecule has 0 aliphatic carbocycles. The molecule has 1 heterocycles. The third-order valence-corrected chi connectivity index (χ3v) is 3.76. The minimum atomic E-state index is -0.267. The first-order valence-corrected chi connectivity index (χ1v) is 7.08. The summed E-state index contributed by atoms with van der Waals surface area (Å²) < 4.78 is 16.1. The molecule has 1 fully saturated rings. The first kappa shape index (κ1) is 15.0. The quantitative estimate of drug-likeness (QED) is 0.777. The Balaban J connectivity index is 2.00.